The Kier molecular flexibility index (Phi) is 63.2. The van der Waals surface area contributed by atoms with Crippen molar-refractivity contribution in [3.05, 3.63) is 107 Å². The maximum absolute atomic E-state index is 12.9. The molecular weight excluding hydrogens is 1290 g/mol. The standard InChI is InChI=1S/2C40H66O7S.Ca/c2*1-3-5-7-9-11-13-15-17-19-21-23-25-27-29-33-46-39(41)37-32-31-36(48(43,44)45)35-38(37)40(42)47-34-30-28-26-24-22-20-18-16-14-12-10-8-6-4-2;/h2*9-12,31-32,35H,3-8,13-30,33-34H2,1-2H3,(H,43,44,45);/q;;+2/p-2/b2*11-9+,12-10+;. The normalized spacial score (nSPS) is 11.8. The van der Waals surface area contributed by atoms with Gasteiger partial charge in [0.1, 0.15) is 20.2 Å². The van der Waals surface area contributed by atoms with Crippen molar-refractivity contribution in [3.8, 4) is 0 Å². The quantitative estimate of drug-likeness (QED) is 0.0150. The SMILES string of the molecule is CCCC/C=C/CCCCCCCCCCOC(=O)c1ccc(S(=O)(=O)[O-])cc1C(=O)OCCCCCCCCCC/C=C/CCCC.CCCC/C=C/CCCCCCCCCCOC(=O)c1ccc(S(=O)(=O)[O-])cc1C(=O)OCCCCCCCCCC/C=C/CCCC.[Ca+2]. The van der Waals surface area contributed by atoms with Crippen molar-refractivity contribution >= 4 is 81.9 Å². The van der Waals surface area contributed by atoms with Crippen LogP contribution in [-0.4, -0.2) is 114 Å². The topological polar surface area (TPSA) is 220 Å². The number of benzene rings is 2. The van der Waals surface area contributed by atoms with Gasteiger partial charge in [0.25, 0.3) is 0 Å². The molecule has 2 rings (SSSR count). The predicted molar refractivity (Wildman–Crippen MR) is 397 cm³/mol. The van der Waals surface area contributed by atoms with E-state index in [1.54, 1.807) is 0 Å². The smallest absolute Gasteiger partial charge is 0.744 e. The maximum atomic E-state index is 12.9. The Labute approximate surface area is 620 Å². The van der Waals surface area contributed by atoms with Gasteiger partial charge in [-0.05, 0) is 139 Å². The Morgan fingerprint density at radius 1 is 0.278 bits per heavy atom. The molecule has 0 heterocycles. The fourth-order valence-electron chi connectivity index (χ4n) is 11.0. The number of allylic oxidation sites excluding steroid dienone is 8. The van der Waals surface area contributed by atoms with Crippen LogP contribution in [0, 0.1) is 0 Å². The van der Waals surface area contributed by atoms with E-state index in [0.29, 0.717) is 25.7 Å². The molecule has 0 aliphatic rings. The number of carbonyl (C=O) groups excluding carboxylic acids is 4. The summed E-state index contributed by atoms with van der Waals surface area (Å²) in [6, 6.07) is 6.22. The van der Waals surface area contributed by atoms with E-state index >= 15 is 0 Å². The van der Waals surface area contributed by atoms with Crippen LogP contribution < -0.4 is 0 Å². The van der Waals surface area contributed by atoms with Gasteiger partial charge < -0.3 is 28.1 Å². The zero-order valence-electron chi connectivity index (χ0n) is 61.1. The summed E-state index contributed by atoms with van der Waals surface area (Å²) in [6.45, 7) is 9.57. The minimum atomic E-state index is -4.81. The van der Waals surface area contributed by atoms with Gasteiger partial charge in [0.05, 0.1) is 58.5 Å². The molecule has 2 aromatic carbocycles. The van der Waals surface area contributed by atoms with Crippen LogP contribution in [0.5, 0.6) is 0 Å². The Hall–Kier alpha value is -3.64. The first-order chi connectivity index (χ1) is 46.6. The molecule has 0 saturated heterocycles. The molecule has 2 aromatic rings. The summed E-state index contributed by atoms with van der Waals surface area (Å²) in [7, 11) is -9.62. The van der Waals surface area contributed by atoms with Crippen molar-refractivity contribution in [1.29, 1.82) is 0 Å². The van der Waals surface area contributed by atoms with E-state index in [0.717, 1.165) is 126 Å². The number of ether oxygens (including phenoxy) is 4. The molecule has 0 spiro atoms. The number of hydrogen-bond donors (Lipinski definition) is 0. The molecule has 548 valence electrons. The van der Waals surface area contributed by atoms with E-state index in [9.17, 15) is 45.1 Å². The number of unbranched alkanes of at least 4 members (excludes halogenated alkanes) is 40. The largest absolute Gasteiger partial charge is 2.00 e. The van der Waals surface area contributed by atoms with Crippen molar-refractivity contribution in [2.45, 2.75) is 346 Å². The third-order valence-electron chi connectivity index (χ3n) is 17.0. The molecule has 0 unspecified atom stereocenters. The molecule has 0 aromatic heterocycles. The average Bonchev–Trinajstić information content (AvgIpc) is 0.828. The second kappa shape index (κ2) is 65.7. The predicted octanol–water partition coefficient (Wildman–Crippen LogP) is 22.5. The minimum absolute atomic E-state index is 0. The summed E-state index contributed by atoms with van der Waals surface area (Å²) >= 11 is 0. The second-order valence-electron chi connectivity index (χ2n) is 25.8. The summed E-state index contributed by atoms with van der Waals surface area (Å²) in [6.07, 6.45) is 72.8. The Balaban J connectivity index is 0.00000188. The van der Waals surface area contributed by atoms with Crippen molar-refractivity contribution in [1.82, 2.24) is 0 Å². The minimum Gasteiger partial charge on any atom is -0.744 e. The zero-order chi connectivity index (χ0) is 70.3. The van der Waals surface area contributed by atoms with Crippen molar-refractivity contribution in [2.24, 2.45) is 0 Å². The van der Waals surface area contributed by atoms with Gasteiger partial charge in [-0.15, -0.1) is 0 Å². The summed E-state index contributed by atoms with van der Waals surface area (Å²) in [5.41, 5.74) is -0.699. The van der Waals surface area contributed by atoms with Gasteiger partial charge in [0, 0.05) is 0 Å². The van der Waals surface area contributed by atoms with Crippen LogP contribution in [0.3, 0.4) is 0 Å². The van der Waals surface area contributed by atoms with Crippen LogP contribution in [0.4, 0.5) is 0 Å². The molecule has 0 aliphatic heterocycles. The number of hydrogen-bond acceptors (Lipinski definition) is 14. The van der Waals surface area contributed by atoms with Gasteiger partial charge in [-0.1, -0.05) is 282 Å². The molecule has 0 N–H and O–H groups in total. The van der Waals surface area contributed by atoms with Gasteiger partial charge in [-0.2, -0.15) is 0 Å². The summed E-state index contributed by atoms with van der Waals surface area (Å²) in [5, 5.41) is 0. The van der Waals surface area contributed by atoms with E-state index in [-0.39, 0.29) is 86.4 Å². The first-order valence-corrected chi connectivity index (χ1v) is 40.9. The van der Waals surface area contributed by atoms with Crippen LogP contribution >= 0.6 is 0 Å². The molecular formula is C80H130CaO14S2. The molecule has 0 aliphatic carbocycles. The van der Waals surface area contributed by atoms with Crippen LogP contribution in [0.25, 0.3) is 0 Å². The average molecular weight is 1420 g/mol. The van der Waals surface area contributed by atoms with E-state index in [1.807, 2.05) is 0 Å². The molecule has 0 bridgehead atoms. The number of esters is 4. The molecule has 17 heteroatoms. The fraction of sp³-hybridized carbons (Fsp3) is 0.700. The van der Waals surface area contributed by atoms with Crippen molar-refractivity contribution in [2.75, 3.05) is 26.4 Å². The third kappa shape index (κ3) is 53.8. The van der Waals surface area contributed by atoms with Gasteiger partial charge in [-0.25, -0.2) is 36.0 Å². The van der Waals surface area contributed by atoms with Crippen molar-refractivity contribution in [3.63, 3.8) is 0 Å². The summed E-state index contributed by atoms with van der Waals surface area (Å²) in [5.74, 6) is -3.12. The molecule has 0 fully saturated rings. The second-order valence-corrected chi connectivity index (χ2v) is 28.5. The van der Waals surface area contributed by atoms with Gasteiger partial charge in [0.2, 0.25) is 0 Å². The first-order valence-electron chi connectivity index (χ1n) is 38.1. The molecule has 97 heavy (non-hydrogen) atoms. The van der Waals surface area contributed by atoms with E-state index in [4.69, 9.17) is 18.9 Å². The van der Waals surface area contributed by atoms with E-state index in [1.165, 1.54) is 193 Å². The zero-order valence-corrected chi connectivity index (χ0v) is 64.9. The number of rotatable bonds is 62. The van der Waals surface area contributed by atoms with Crippen LogP contribution in [-0.2, 0) is 39.2 Å². The van der Waals surface area contributed by atoms with E-state index < -0.39 is 53.9 Å². The van der Waals surface area contributed by atoms with Crippen LogP contribution in [0.2, 0.25) is 0 Å². The van der Waals surface area contributed by atoms with Gasteiger partial charge in [-0.3, -0.25) is 0 Å². The van der Waals surface area contributed by atoms with Crippen LogP contribution in [0.1, 0.15) is 377 Å². The van der Waals surface area contributed by atoms with Gasteiger partial charge >= 0.3 is 61.6 Å². The molecule has 0 radical (unpaired) electrons. The maximum Gasteiger partial charge on any atom is 2.00 e. The van der Waals surface area contributed by atoms with Crippen molar-refractivity contribution < 1.29 is 64.1 Å². The summed E-state index contributed by atoms with van der Waals surface area (Å²) < 4.78 is 91.1. The van der Waals surface area contributed by atoms with Gasteiger partial charge in [0.15, 0.2) is 0 Å². The first kappa shape index (κ1) is 93.4. The molecule has 14 nitrogen and oxygen atoms in total. The number of carbonyl (C=O) groups is 4. The monoisotopic (exact) mass is 1420 g/mol. The third-order valence-corrected chi connectivity index (χ3v) is 18.7. The fourth-order valence-corrected chi connectivity index (χ4v) is 11.9. The summed E-state index contributed by atoms with van der Waals surface area (Å²) in [4.78, 5) is 50.2. The Bertz CT molecular complexity index is 2470. The molecule has 0 saturated carbocycles. The Morgan fingerprint density at radius 3 is 0.649 bits per heavy atom. The molecule has 0 atom stereocenters. The molecule has 0 amide bonds. The van der Waals surface area contributed by atoms with Crippen LogP contribution in [0.15, 0.2) is 94.8 Å². The Morgan fingerprint density at radius 2 is 0.454 bits per heavy atom. The van der Waals surface area contributed by atoms with E-state index in [2.05, 4.69) is 76.3 Å².